The van der Waals surface area contributed by atoms with Crippen LogP contribution >= 0.6 is 0 Å². The van der Waals surface area contributed by atoms with E-state index in [9.17, 15) is 4.79 Å². The summed E-state index contributed by atoms with van der Waals surface area (Å²) >= 11 is 0. The predicted octanol–water partition coefficient (Wildman–Crippen LogP) is 3.03. The zero-order valence-corrected chi connectivity index (χ0v) is 11.2. The summed E-state index contributed by atoms with van der Waals surface area (Å²) in [7, 11) is 1.33. The molecule has 102 valence electrons. The standard InChI is InChI=1S/C15H14N2O3/c1-10(13-7-8-14(20-13)15(18)19-2)17-12-6-4-3-5-11(12)9-16-17/h3-10H,1-2H3. The molecule has 0 saturated carbocycles. The molecule has 0 bridgehead atoms. The van der Waals surface area contributed by atoms with Gasteiger partial charge in [-0.15, -0.1) is 0 Å². The number of rotatable bonds is 3. The summed E-state index contributed by atoms with van der Waals surface area (Å²) in [6.07, 6.45) is 1.82. The van der Waals surface area contributed by atoms with Crippen LogP contribution in [0.4, 0.5) is 0 Å². The van der Waals surface area contributed by atoms with Crippen molar-refractivity contribution in [3.8, 4) is 0 Å². The Hall–Kier alpha value is -2.56. The Morgan fingerprint density at radius 2 is 2.10 bits per heavy atom. The van der Waals surface area contributed by atoms with Gasteiger partial charge in [-0.05, 0) is 25.1 Å². The molecule has 5 nitrogen and oxygen atoms in total. The van der Waals surface area contributed by atoms with Crippen molar-refractivity contribution in [2.45, 2.75) is 13.0 Å². The van der Waals surface area contributed by atoms with E-state index in [0.717, 1.165) is 10.9 Å². The molecular weight excluding hydrogens is 256 g/mol. The van der Waals surface area contributed by atoms with Gasteiger partial charge in [-0.3, -0.25) is 4.68 Å². The molecule has 1 aromatic carbocycles. The highest BCUT2D eigenvalue weighted by Crippen LogP contribution is 2.24. The molecule has 3 aromatic rings. The number of fused-ring (bicyclic) bond motifs is 1. The van der Waals surface area contributed by atoms with Crippen molar-refractivity contribution < 1.29 is 13.9 Å². The van der Waals surface area contributed by atoms with Crippen LogP contribution in [0.2, 0.25) is 0 Å². The molecule has 0 radical (unpaired) electrons. The topological polar surface area (TPSA) is 57.3 Å². The number of furan rings is 1. The average Bonchev–Trinajstić information content (AvgIpc) is 3.12. The van der Waals surface area contributed by atoms with E-state index >= 15 is 0 Å². The second-order valence-corrected chi connectivity index (χ2v) is 4.52. The van der Waals surface area contributed by atoms with Crippen LogP contribution in [0.15, 0.2) is 47.0 Å². The third-order valence-corrected chi connectivity index (χ3v) is 3.30. The van der Waals surface area contributed by atoms with Crippen molar-refractivity contribution in [1.29, 1.82) is 0 Å². The van der Waals surface area contributed by atoms with Gasteiger partial charge >= 0.3 is 5.97 Å². The normalized spacial score (nSPS) is 12.5. The minimum absolute atomic E-state index is 0.103. The highest BCUT2D eigenvalue weighted by Gasteiger charge is 2.18. The van der Waals surface area contributed by atoms with Crippen LogP contribution in [0.5, 0.6) is 0 Å². The number of esters is 1. The van der Waals surface area contributed by atoms with Gasteiger partial charge < -0.3 is 9.15 Å². The summed E-state index contributed by atoms with van der Waals surface area (Å²) in [5, 5.41) is 5.45. The number of carbonyl (C=O) groups is 1. The summed E-state index contributed by atoms with van der Waals surface area (Å²) < 4.78 is 12.0. The van der Waals surface area contributed by atoms with Crippen molar-refractivity contribution in [3.05, 3.63) is 54.1 Å². The first-order valence-electron chi connectivity index (χ1n) is 6.31. The third kappa shape index (κ3) is 1.97. The second-order valence-electron chi connectivity index (χ2n) is 4.52. The SMILES string of the molecule is COC(=O)c1ccc(C(C)n2ncc3ccccc32)o1. The molecule has 1 atom stereocenters. The molecule has 0 aliphatic rings. The van der Waals surface area contributed by atoms with Crippen molar-refractivity contribution in [3.63, 3.8) is 0 Å². The molecule has 0 N–H and O–H groups in total. The lowest BCUT2D eigenvalue weighted by Crippen LogP contribution is -2.07. The number of hydrogen-bond acceptors (Lipinski definition) is 4. The molecule has 5 heteroatoms. The van der Waals surface area contributed by atoms with E-state index in [1.165, 1.54) is 7.11 Å². The maximum Gasteiger partial charge on any atom is 0.373 e. The number of methoxy groups -OCH3 is 1. The van der Waals surface area contributed by atoms with Crippen LogP contribution in [0.3, 0.4) is 0 Å². The van der Waals surface area contributed by atoms with Gasteiger partial charge in [0.2, 0.25) is 5.76 Å². The molecule has 2 aromatic heterocycles. The molecule has 2 heterocycles. The largest absolute Gasteiger partial charge is 0.463 e. The minimum atomic E-state index is -0.478. The van der Waals surface area contributed by atoms with Crippen LogP contribution < -0.4 is 0 Å². The fourth-order valence-electron chi connectivity index (χ4n) is 2.21. The van der Waals surface area contributed by atoms with Crippen molar-refractivity contribution in [2.75, 3.05) is 7.11 Å². The maximum atomic E-state index is 11.4. The Bertz CT molecular complexity index is 757. The number of ether oxygens (including phenoxy) is 1. The summed E-state index contributed by atoms with van der Waals surface area (Å²) in [5.74, 6) is 0.388. The van der Waals surface area contributed by atoms with Gasteiger partial charge in [-0.1, -0.05) is 18.2 Å². The Kier molecular flexibility index (Phi) is 3.02. The lowest BCUT2D eigenvalue weighted by Gasteiger charge is -2.10. The summed E-state index contributed by atoms with van der Waals surface area (Å²) in [6, 6.07) is 11.2. The van der Waals surface area contributed by atoms with Gasteiger partial charge in [-0.25, -0.2) is 4.79 Å². The molecule has 0 spiro atoms. The van der Waals surface area contributed by atoms with Gasteiger partial charge in [-0.2, -0.15) is 5.10 Å². The van der Waals surface area contributed by atoms with Crippen molar-refractivity contribution in [2.24, 2.45) is 0 Å². The Balaban J connectivity index is 1.98. The zero-order valence-electron chi connectivity index (χ0n) is 11.2. The maximum absolute atomic E-state index is 11.4. The molecular formula is C15H14N2O3. The van der Waals surface area contributed by atoms with Crippen molar-refractivity contribution >= 4 is 16.9 Å². The number of nitrogens with zero attached hydrogens (tertiary/aromatic N) is 2. The third-order valence-electron chi connectivity index (χ3n) is 3.30. The van der Waals surface area contributed by atoms with E-state index in [1.807, 2.05) is 42.1 Å². The summed E-state index contributed by atoms with van der Waals surface area (Å²) in [6.45, 7) is 1.97. The van der Waals surface area contributed by atoms with Gasteiger partial charge in [0.1, 0.15) is 11.8 Å². The van der Waals surface area contributed by atoms with Gasteiger partial charge in [0.05, 0.1) is 18.8 Å². The van der Waals surface area contributed by atoms with E-state index < -0.39 is 5.97 Å². The van der Waals surface area contributed by atoms with Crippen molar-refractivity contribution in [1.82, 2.24) is 9.78 Å². The first-order chi connectivity index (χ1) is 9.70. The monoisotopic (exact) mass is 270 g/mol. The molecule has 0 amide bonds. The first-order valence-corrected chi connectivity index (χ1v) is 6.31. The summed E-state index contributed by atoms with van der Waals surface area (Å²) in [5.41, 5.74) is 1.02. The fourth-order valence-corrected chi connectivity index (χ4v) is 2.21. The molecule has 1 unspecified atom stereocenters. The Labute approximate surface area is 115 Å². The first kappa shape index (κ1) is 12.5. The molecule has 20 heavy (non-hydrogen) atoms. The zero-order chi connectivity index (χ0) is 14.1. The Morgan fingerprint density at radius 3 is 2.90 bits per heavy atom. The Morgan fingerprint density at radius 1 is 1.30 bits per heavy atom. The van der Waals surface area contributed by atoms with E-state index in [0.29, 0.717) is 5.76 Å². The van der Waals surface area contributed by atoms with Gasteiger partial charge in [0.25, 0.3) is 0 Å². The van der Waals surface area contributed by atoms with Crippen LogP contribution in [0.1, 0.15) is 29.3 Å². The van der Waals surface area contributed by atoms with E-state index in [2.05, 4.69) is 9.84 Å². The van der Waals surface area contributed by atoms with Crippen LogP contribution in [-0.2, 0) is 4.74 Å². The van der Waals surface area contributed by atoms with Crippen LogP contribution in [0.25, 0.3) is 10.9 Å². The van der Waals surface area contributed by atoms with Gasteiger partial charge in [0, 0.05) is 5.39 Å². The number of hydrogen-bond donors (Lipinski definition) is 0. The molecule has 0 saturated heterocycles. The second kappa shape index (κ2) is 4.85. The quantitative estimate of drug-likeness (QED) is 0.686. The van der Waals surface area contributed by atoms with E-state index in [1.54, 1.807) is 12.1 Å². The fraction of sp³-hybridized carbons (Fsp3) is 0.200. The lowest BCUT2D eigenvalue weighted by atomic mass is 10.2. The van der Waals surface area contributed by atoms with Crippen LogP contribution in [0, 0.1) is 0 Å². The number of benzene rings is 1. The highest BCUT2D eigenvalue weighted by molar-refractivity contribution is 5.86. The lowest BCUT2D eigenvalue weighted by molar-refractivity contribution is 0.0562. The average molecular weight is 270 g/mol. The van der Waals surface area contributed by atoms with Gasteiger partial charge in [0.15, 0.2) is 0 Å². The highest BCUT2D eigenvalue weighted by atomic mass is 16.5. The molecule has 0 aliphatic carbocycles. The molecule has 3 rings (SSSR count). The minimum Gasteiger partial charge on any atom is -0.463 e. The summed E-state index contributed by atoms with van der Waals surface area (Å²) in [4.78, 5) is 11.4. The molecule has 0 fully saturated rings. The van der Waals surface area contributed by atoms with Crippen LogP contribution in [-0.4, -0.2) is 22.9 Å². The predicted molar refractivity (Wildman–Crippen MR) is 73.6 cm³/mol. The number of carbonyl (C=O) groups excluding carboxylic acids is 1. The van der Waals surface area contributed by atoms with E-state index in [-0.39, 0.29) is 11.8 Å². The smallest absolute Gasteiger partial charge is 0.373 e. The number of aromatic nitrogens is 2. The number of para-hydroxylation sites is 1. The molecule has 0 aliphatic heterocycles. The van der Waals surface area contributed by atoms with E-state index in [4.69, 9.17) is 4.42 Å².